The maximum atomic E-state index is 12.9. The zero-order valence-electron chi connectivity index (χ0n) is 30.6. The number of rotatable bonds is 32. The maximum Gasteiger partial charge on any atom is 0.220 e. The molecule has 48 heavy (non-hydrogen) atoms. The molecule has 7 N–H and O–H groups in total. The quantitative estimate of drug-likeness (QED) is 0.0432. The second-order valence-corrected chi connectivity index (χ2v) is 14.2. The van der Waals surface area contributed by atoms with Crippen molar-refractivity contribution in [1.82, 2.24) is 5.32 Å². The molecule has 286 valence electrons. The predicted octanol–water partition coefficient (Wildman–Crippen LogP) is 5.80. The van der Waals surface area contributed by atoms with Gasteiger partial charge in [0, 0.05) is 6.42 Å². The standard InChI is InChI=1S/C38H75NO9/c1-3-5-7-9-11-13-15-16-17-19-21-23-25-27-33(42)39-30(29-47-38-37(46)36(45)35(44)32(28-40)48-38)34(43)31(41)26-24-22-20-18-14-12-10-8-6-4-2/h30-32,34-38,40-41,43-46H,3-29H2,1-2H3,(H,39,42)/t30-,31+,32+,34-,35-,36?,37?,38+/m0/s1. The molecule has 0 aromatic rings. The summed E-state index contributed by atoms with van der Waals surface area (Å²) in [7, 11) is 0. The van der Waals surface area contributed by atoms with Gasteiger partial charge in [0.1, 0.15) is 30.5 Å². The number of ether oxygens (including phenoxy) is 2. The van der Waals surface area contributed by atoms with Crippen LogP contribution < -0.4 is 5.32 Å². The number of nitrogens with one attached hydrogen (secondary N) is 1. The third-order valence-corrected chi connectivity index (χ3v) is 9.80. The highest BCUT2D eigenvalue weighted by atomic mass is 16.7. The molecule has 1 aliphatic rings. The molecule has 10 heteroatoms. The third kappa shape index (κ3) is 20.7. The Bertz CT molecular complexity index is 743. The van der Waals surface area contributed by atoms with Gasteiger partial charge in [-0.3, -0.25) is 4.79 Å². The predicted molar refractivity (Wildman–Crippen MR) is 190 cm³/mol. The molecule has 1 rings (SSSR count). The van der Waals surface area contributed by atoms with Gasteiger partial charge in [0.15, 0.2) is 6.29 Å². The van der Waals surface area contributed by atoms with Crippen molar-refractivity contribution < 1.29 is 44.9 Å². The van der Waals surface area contributed by atoms with Gasteiger partial charge in [0.2, 0.25) is 5.91 Å². The topological polar surface area (TPSA) is 169 Å². The smallest absolute Gasteiger partial charge is 0.220 e. The average Bonchev–Trinajstić information content (AvgIpc) is 3.08. The first-order chi connectivity index (χ1) is 23.3. The van der Waals surface area contributed by atoms with Crippen LogP contribution in [0.2, 0.25) is 0 Å². The fourth-order valence-electron chi connectivity index (χ4n) is 6.49. The SMILES string of the molecule is CCCCCCCCCCCCCCCC(=O)N[C@@H](CO[C@@H]1O[C@H](CO)[C@H](O)C(O)C1O)[C@H](O)[C@H](O)CCCCCCCCCCCC. The minimum atomic E-state index is -1.60. The van der Waals surface area contributed by atoms with Gasteiger partial charge >= 0.3 is 0 Å². The molecular formula is C38H75NO9. The normalized spacial score (nSPS) is 23.2. The van der Waals surface area contributed by atoms with Crippen molar-refractivity contribution >= 4 is 5.91 Å². The summed E-state index contributed by atoms with van der Waals surface area (Å²) in [5.41, 5.74) is 0. The lowest BCUT2D eigenvalue weighted by Crippen LogP contribution is -2.60. The molecule has 0 aromatic heterocycles. The van der Waals surface area contributed by atoms with Crippen LogP contribution in [0.3, 0.4) is 0 Å². The largest absolute Gasteiger partial charge is 0.394 e. The van der Waals surface area contributed by atoms with E-state index in [2.05, 4.69) is 19.2 Å². The van der Waals surface area contributed by atoms with Crippen molar-refractivity contribution in [3.8, 4) is 0 Å². The summed E-state index contributed by atoms with van der Waals surface area (Å²) in [6, 6.07) is -0.982. The zero-order valence-corrected chi connectivity index (χ0v) is 30.6. The van der Waals surface area contributed by atoms with E-state index >= 15 is 0 Å². The highest BCUT2D eigenvalue weighted by molar-refractivity contribution is 5.76. The summed E-state index contributed by atoms with van der Waals surface area (Å²) in [4.78, 5) is 12.9. The number of carbonyl (C=O) groups is 1. The molecule has 1 saturated heterocycles. The molecule has 0 aromatic carbocycles. The molecule has 1 fully saturated rings. The maximum absolute atomic E-state index is 12.9. The zero-order chi connectivity index (χ0) is 35.4. The number of hydrogen-bond acceptors (Lipinski definition) is 9. The van der Waals surface area contributed by atoms with Gasteiger partial charge in [0.05, 0.1) is 25.4 Å². The fourth-order valence-corrected chi connectivity index (χ4v) is 6.49. The summed E-state index contributed by atoms with van der Waals surface area (Å²) >= 11 is 0. The van der Waals surface area contributed by atoms with E-state index < -0.39 is 55.6 Å². The van der Waals surface area contributed by atoms with Crippen LogP contribution in [-0.2, 0) is 14.3 Å². The second kappa shape index (κ2) is 29.8. The summed E-state index contributed by atoms with van der Waals surface area (Å²) in [6.45, 7) is 3.56. The van der Waals surface area contributed by atoms with Crippen molar-refractivity contribution in [3.05, 3.63) is 0 Å². The first kappa shape index (κ1) is 45.2. The number of unbranched alkanes of at least 4 members (excludes halogenated alkanes) is 21. The molecule has 8 atom stereocenters. The van der Waals surface area contributed by atoms with Crippen molar-refractivity contribution in [2.45, 2.75) is 223 Å². The second-order valence-electron chi connectivity index (χ2n) is 14.2. The average molecular weight is 690 g/mol. The number of carbonyl (C=O) groups excluding carboxylic acids is 1. The highest BCUT2D eigenvalue weighted by Crippen LogP contribution is 2.23. The molecule has 0 saturated carbocycles. The van der Waals surface area contributed by atoms with Crippen LogP contribution >= 0.6 is 0 Å². The Morgan fingerprint density at radius 1 is 0.646 bits per heavy atom. The van der Waals surface area contributed by atoms with E-state index in [-0.39, 0.29) is 18.9 Å². The van der Waals surface area contributed by atoms with Gasteiger partial charge in [-0.15, -0.1) is 0 Å². The van der Waals surface area contributed by atoms with Gasteiger partial charge < -0.3 is 45.4 Å². The van der Waals surface area contributed by atoms with Gasteiger partial charge in [-0.2, -0.15) is 0 Å². The van der Waals surface area contributed by atoms with Crippen molar-refractivity contribution in [3.63, 3.8) is 0 Å². The van der Waals surface area contributed by atoms with Crippen molar-refractivity contribution in [2.75, 3.05) is 13.2 Å². The summed E-state index contributed by atoms with van der Waals surface area (Å²) < 4.78 is 11.1. The van der Waals surface area contributed by atoms with Gasteiger partial charge in [-0.25, -0.2) is 0 Å². The van der Waals surface area contributed by atoms with Crippen LogP contribution in [0, 0.1) is 0 Å². The lowest BCUT2D eigenvalue weighted by atomic mass is 9.98. The van der Waals surface area contributed by atoms with E-state index in [0.29, 0.717) is 6.42 Å². The van der Waals surface area contributed by atoms with Crippen LogP contribution in [0.5, 0.6) is 0 Å². The van der Waals surface area contributed by atoms with Gasteiger partial charge in [-0.05, 0) is 12.8 Å². The Balaban J connectivity index is 2.48. The number of amides is 1. The Labute approximate surface area is 292 Å². The fraction of sp³-hybridized carbons (Fsp3) is 0.974. The van der Waals surface area contributed by atoms with E-state index in [1.165, 1.54) is 96.3 Å². The highest BCUT2D eigenvalue weighted by Gasteiger charge is 2.44. The van der Waals surface area contributed by atoms with E-state index in [4.69, 9.17) is 9.47 Å². The monoisotopic (exact) mass is 690 g/mol. The Kier molecular flexibility index (Phi) is 28.1. The van der Waals surface area contributed by atoms with E-state index in [1.807, 2.05) is 0 Å². The molecule has 1 heterocycles. The first-order valence-corrected chi connectivity index (χ1v) is 19.8. The van der Waals surface area contributed by atoms with Crippen LogP contribution in [-0.4, -0.2) is 98.7 Å². The van der Waals surface area contributed by atoms with E-state index in [9.17, 15) is 35.4 Å². The molecule has 0 aliphatic carbocycles. The van der Waals surface area contributed by atoms with E-state index in [1.54, 1.807) is 0 Å². The summed E-state index contributed by atoms with van der Waals surface area (Å²) in [6.07, 6.45) is 18.3. The molecule has 1 aliphatic heterocycles. The third-order valence-electron chi connectivity index (χ3n) is 9.80. The Morgan fingerprint density at radius 2 is 1.08 bits per heavy atom. The number of aliphatic hydroxyl groups excluding tert-OH is 6. The molecular weight excluding hydrogens is 614 g/mol. The van der Waals surface area contributed by atoms with Crippen LogP contribution in [0.4, 0.5) is 0 Å². The Morgan fingerprint density at radius 3 is 1.54 bits per heavy atom. The van der Waals surface area contributed by atoms with Crippen LogP contribution in [0.15, 0.2) is 0 Å². The lowest BCUT2D eigenvalue weighted by molar-refractivity contribution is -0.303. The first-order valence-electron chi connectivity index (χ1n) is 19.8. The summed E-state index contributed by atoms with van der Waals surface area (Å²) in [5.74, 6) is -0.259. The van der Waals surface area contributed by atoms with E-state index in [0.717, 1.165) is 51.4 Å². The number of aliphatic hydroxyl groups is 6. The minimum Gasteiger partial charge on any atom is -0.394 e. The van der Waals surface area contributed by atoms with Crippen LogP contribution in [0.1, 0.15) is 174 Å². The van der Waals surface area contributed by atoms with Crippen molar-refractivity contribution in [2.24, 2.45) is 0 Å². The summed E-state index contributed by atoms with van der Waals surface area (Å²) in [5, 5.41) is 64.7. The minimum absolute atomic E-state index is 0.259. The Hall–Kier alpha value is -0.850. The number of hydrogen-bond donors (Lipinski definition) is 7. The molecule has 2 unspecified atom stereocenters. The lowest BCUT2D eigenvalue weighted by Gasteiger charge is -2.40. The molecule has 0 spiro atoms. The van der Waals surface area contributed by atoms with Crippen LogP contribution in [0.25, 0.3) is 0 Å². The van der Waals surface area contributed by atoms with Gasteiger partial charge in [0.25, 0.3) is 0 Å². The van der Waals surface area contributed by atoms with Crippen molar-refractivity contribution in [1.29, 1.82) is 0 Å². The van der Waals surface area contributed by atoms with Gasteiger partial charge in [-0.1, -0.05) is 155 Å². The molecule has 10 nitrogen and oxygen atoms in total. The molecule has 1 amide bonds. The molecule has 0 bridgehead atoms. The molecule has 0 radical (unpaired) electrons.